The van der Waals surface area contributed by atoms with Crippen molar-refractivity contribution in [1.82, 2.24) is 0 Å². The third-order valence-corrected chi connectivity index (χ3v) is 2.14. The minimum absolute atomic E-state index is 0.0188. The normalized spacial score (nSPS) is 10.7. The smallest absolute Gasteiger partial charge is 0.335 e. The second kappa shape index (κ2) is 4.87. The molecule has 1 N–H and O–H groups in total. The molecule has 15 heavy (non-hydrogen) atoms. The van der Waals surface area contributed by atoms with Crippen LogP contribution >= 0.6 is 0 Å². The largest absolute Gasteiger partial charge is 0.478 e. The summed E-state index contributed by atoms with van der Waals surface area (Å²) >= 11 is 0. The first-order valence-electron chi connectivity index (χ1n) is 4.70. The van der Waals surface area contributed by atoms with Crippen LogP contribution in [0.4, 0.5) is 8.78 Å². The lowest BCUT2D eigenvalue weighted by molar-refractivity contribution is 0.0695. The quantitative estimate of drug-likeness (QED) is 0.835. The summed E-state index contributed by atoms with van der Waals surface area (Å²) in [7, 11) is 0. The first-order valence-corrected chi connectivity index (χ1v) is 4.70. The fraction of sp³-hybridized carbons (Fsp3) is 0.364. The van der Waals surface area contributed by atoms with Crippen molar-refractivity contribution < 1.29 is 18.7 Å². The Morgan fingerprint density at radius 2 is 2.13 bits per heavy atom. The molecule has 1 aromatic rings. The number of alkyl halides is 2. The van der Waals surface area contributed by atoms with Gasteiger partial charge in [0.05, 0.1) is 5.56 Å². The van der Waals surface area contributed by atoms with Crippen LogP contribution in [-0.4, -0.2) is 11.1 Å². The summed E-state index contributed by atoms with van der Waals surface area (Å²) in [6, 6.07) is 3.80. The van der Waals surface area contributed by atoms with Crippen LogP contribution in [0.25, 0.3) is 0 Å². The number of halogens is 2. The van der Waals surface area contributed by atoms with E-state index in [1.807, 2.05) is 6.92 Å². The number of hydrogen-bond acceptors (Lipinski definition) is 1. The van der Waals surface area contributed by atoms with Gasteiger partial charge in [0.2, 0.25) is 0 Å². The summed E-state index contributed by atoms with van der Waals surface area (Å²) in [5.74, 6) is -1.15. The van der Waals surface area contributed by atoms with Crippen LogP contribution in [0.2, 0.25) is 0 Å². The van der Waals surface area contributed by atoms with Gasteiger partial charge in [-0.1, -0.05) is 25.5 Å². The van der Waals surface area contributed by atoms with E-state index in [4.69, 9.17) is 5.11 Å². The summed E-state index contributed by atoms with van der Waals surface area (Å²) in [6.07, 6.45) is -1.25. The van der Waals surface area contributed by atoms with Gasteiger partial charge >= 0.3 is 5.97 Å². The van der Waals surface area contributed by atoms with E-state index in [1.54, 1.807) is 0 Å². The molecule has 0 heterocycles. The maximum absolute atomic E-state index is 12.3. The number of aryl methyl sites for hydroxylation is 1. The molecule has 0 aliphatic rings. The molecule has 1 aromatic carbocycles. The van der Waals surface area contributed by atoms with Crippen LogP contribution in [0.5, 0.6) is 0 Å². The fourth-order valence-corrected chi connectivity index (χ4v) is 1.42. The van der Waals surface area contributed by atoms with Crippen molar-refractivity contribution in [2.45, 2.75) is 26.2 Å². The summed E-state index contributed by atoms with van der Waals surface area (Å²) in [5, 5.41) is 8.85. The highest BCUT2D eigenvalue weighted by atomic mass is 19.3. The SMILES string of the molecule is CCCc1ccc(C(F)F)cc1C(=O)O. The number of benzene rings is 1. The van der Waals surface area contributed by atoms with E-state index in [0.29, 0.717) is 12.0 Å². The second-order valence-electron chi connectivity index (χ2n) is 3.27. The Morgan fingerprint density at radius 1 is 1.47 bits per heavy atom. The Labute approximate surface area is 86.5 Å². The van der Waals surface area contributed by atoms with E-state index in [1.165, 1.54) is 12.1 Å². The topological polar surface area (TPSA) is 37.3 Å². The zero-order valence-electron chi connectivity index (χ0n) is 8.34. The first-order chi connectivity index (χ1) is 7.06. The Kier molecular flexibility index (Phi) is 3.77. The molecule has 0 bridgehead atoms. The van der Waals surface area contributed by atoms with Gasteiger partial charge in [-0.2, -0.15) is 0 Å². The van der Waals surface area contributed by atoms with Gasteiger partial charge < -0.3 is 5.11 Å². The van der Waals surface area contributed by atoms with Crippen LogP contribution < -0.4 is 0 Å². The predicted octanol–water partition coefficient (Wildman–Crippen LogP) is 3.27. The van der Waals surface area contributed by atoms with E-state index in [0.717, 1.165) is 12.5 Å². The summed E-state index contributed by atoms with van der Waals surface area (Å²) in [4.78, 5) is 10.8. The number of aromatic carboxylic acids is 1. The highest BCUT2D eigenvalue weighted by molar-refractivity contribution is 5.89. The third-order valence-electron chi connectivity index (χ3n) is 2.14. The monoisotopic (exact) mass is 214 g/mol. The molecule has 0 spiro atoms. The van der Waals surface area contributed by atoms with E-state index in [-0.39, 0.29) is 11.1 Å². The first kappa shape index (κ1) is 11.6. The molecule has 0 radical (unpaired) electrons. The van der Waals surface area contributed by atoms with Gasteiger partial charge in [-0.15, -0.1) is 0 Å². The lowest BCUT2D eigenvalue weighted by Gasteiger charge is -2.07. The van der Waals surface area contributed by atoms with Gasteiger partial charge in [0.25, 0.3) is 6.43 Å². The minimum Gasteiger partial charge on any atom is -0.478 e. The second-order valence-corrected chi connectivity index (χ2v) is 3.27. The average Bonchev–Trinajstić information content (AvgIpc) is 2.18. The number of carbonyl (C=O) groups is 1. The Morgan fingerprint density at radius 3 is 2.60 bits per heavy atom. The number of carboxylic acids is 1. The Bertz CT molecular complexity index is 362. The van der Waals surface area contributed by atoms with Crippen LogP contribution in [-0.2, 0) is 6.42 Å². The average molecular weight is 214 g/mol. The van der Waals surface area contributed by atoms with Crippen molar-refractivity contribution in [3.05, 3.63) is 34.9 Å². The van der Waals surface area contributed by atoms with Crippen LogP contribution in [0.3, 0.4) is 0 Å². The molecule has 0 saturated heterocycles. The molecule has 1 rings (SSSR count). The molecule has 0 aliphatic carbocycles. The van der Waals surface area contributed by atoms with Gasteiger partial charge in [0, 0.05) is 5.56 Å². The molecular weight excluding hydrogens is 202 g/mol. The van der Waals surface area contributed by atoms with Gasteiger partial charge in [0.15, 0.2) is 0 Å². The Balaban J connectivity index is 3.14. The van der Waals surface area contributed by atoms with E-state index in [2.05, 4.69) is 0 Å². The zero-order chi connectivity index (χ0) is 11.4. The molecular formula is C11H12F2O2. The molecule has 0 aromatic heterocycles. The molecule has 0 saturated carbocycles. The number of rotatable bonds is 4. The van der Waals surface area contributed by atoms with Crippen molar-refractivity contribution in [3.63, 3.8) is 0 Å². The van der Waals surface area contributed by atoms with E-state index in [9.17, 15) is 13.6 Å². The van der Waals surface area contributed by atoms with E-state index >= 15 is 0 Å². The molecule has 0 fully saturated rings. The lowest BCUT2D eigenvalue weighted by atomic mass is 10.0. The van der Waals surface area contributed by atoms with Gasteiger partial charge in [0.1, 0.15) is 0 Å². The van der Waals surface area contributed by atoms with Gasteiger partial charge in [-0.25, -0.2) is 13.6 Å². The van der Waals surface area contributed by atoms with Crippen LogP contribution in [0, 0.1) is 0 Å². The molecule has 0 atom stereocenters. The number of hydrogen-bond donors (Lipinski definition) is 1. The molecule has 4 heteroatoms. The molecule has 0 aliphatic heterocycles. The zero-order valence-corrected chi connectivity index (χ0v) is 8.34. The lowest BCUT2D eigenvalue weighted by Crippen LogP contribution is -2.03. The van der Waals surface area contributed by atoms with Crippen molar-refractivity contribution in [2.75, 3.05) is 0 Å². The summed E-state index contributed by atoms with van der Waals surface area (Å²) in [5.41, 5.74) is 0.344. The highest BCUT2D eigenvalue weighted by Crippen LogP contribution is 2.22. The van der Waals surface area contributed by atoms with Gasteiger partial charge in [-0.3, -0.25) is 0 Å². The van der Waals surface area contributed by atoms with E-state index < -0.39 is 12.4 Å². The molecule has 0 amide bonds. The minimum atomic E-state index is -2.63. The number of carboxylic acid groups (broad SMARTS) is 1. The molecule has 2 nitrogen and oxygen atoms in total. The predicted molar refractivity (Wildman–Crippen MR) is 52.4 cm³/mol. The van der Waals surface area contributed by atoms with Crippen molar-refractivity contribution in [1.29, 1.82) is 0 Å². The van der Waals surface area contributed by atoms with Crippen molar-refractivity contribution in [3.8, 4) is 0 Å². The maximum Gasteiger partial charge on any atom is 0.335 e. The maximum atomic E-state index is 12.3. The van der Waals surface area contributed by atoms with Crippen molar-refractivity contribution >= 4 is 5.97 Å². The summed E-state index contributed by atoms with van der Waals surface area (Å²) < 4.78 is 24.7. The van der Waals surface area contributed by atoms with Crippen LogP contribution in [0.1, 0.15) is 41.3 Å². The molecule has 82 valence electrons. The highest BCUT2D eigenvalue weighted by Gasteiger charge is 2.14. The van der Waals surface area contributed by atoms with Gasteiger partial charge in [-0.05, 0) is 18.1 Å². The fourth-order valence-electron chi connectivity index (χ4n) is 1.42. The third kappa shape index (κ3) is 2.75. The Hall–Kier alpha value is -1.45. The van der Waals surface area contributed by atoms with Crippen LogP contribution in [0.15, 0.2) is 18.2 Å². The molecule has 0 unspecified atom stereocenters. The standard InChI is InChI=1S/C11H12F2O2/c1-2-3-7-4-5-8(10(12)13)6-9(7)11(14)15/h4-6,10H,2-3H2,1H3,(H,14,15). The summed E-state index contributed by atoms with van der Waals surface area (Å²) in [6.45, 7) is 1.91. The van der Waals surface area contributed by atoms with Crippen molar-refractivity contribution in [2.24, 2.45) is 0 Å².